The van der Waals surface area contributed by atoms with Crippen LogP contribution in [0.2, 0.25) is 0 Å². The van der Waals surface area contributed by atoms with Gasteiger partial charge in [0.05, 0.1) is 10.6 Å². The number of phenols is 1. The van der Waals surface area contributed by atoms with Crippen molar-refractivity contribution in [3.05, 3.63) is 54.6 Å². The average molecular weight is 456 g/mol. The summed E-state index contributed by atoms with van der Waals surface area (Å²) in [4.78, 5) is -1.58. The normalized spacial score (nSPS) is 11.8. The first-order valence-corrected chi connectivity index (χ1v) is 10.2. The van der Waals surface area contributed by atoms with Crippen molar-refractivity contribution < 1.29 is 31.0 Å². The quantitative estimate of drug-likeness (QED) is 0.309. The van der Waals surface area contributed by atoms with Gasteiger partial charge in [0.1, 0.15) is 16.3 Å². The van der Waals surface area contributed by atoms with E-state index in [0.717, 1.165) is 12.1 Å². The topological polar surface area (TPSA) is 154 Å². The Bertz CT molecular complexity index is 1280. The maximum absolute atomic E-state index is 11.8. The van der Waals surface area contributed by atoms with Gasteiger partial charge in [0, 0.05) is 5.39 Å². The van der Waals surface area contributed by atoms with E-state index in [9.17, 15) is 31.0 Å². The molecule has 3 rings (SSSR count). The van der Waals surface area contributed by atoms with Crippen molar-refractivity contribution in [2.75, 3.05) is 0 Å². The molecule has 0 aliphatic rings. The van der Waals surface area contributed by atoms with E-state index in [4.69, 9.17) is 0 Å². The molecule has 0 aliphatic carbocycles. The zero-order valence-corrected chi connectivity index (χ0v) is 15.0. The predicted octanol–water partition coefficient (Wildman–Crippen LogP) is 2.16. The monoisotopic (exact) mass is 456 g/mol. The minimum absolute atomic E-state index is 0. The van der Waals surface area contributed by atoms with Crippen LogP contribution in [-0.2, 0) is 20.2 Å². The van der Waals surface area contributed by atoms with Crippen LogP contribution in [0.3, 0.4) is 0 Å². The number of azo groups is 1. The first-order chi connectivity index (χ1) is 12.6. The minimum atomic E-state index is -4.92. The van der Waals surface area contributed by atoms with Crippen molar-refractivity contribution in [1.82, 2.24) is 0 Å². The van der Waals surface area contributed by atoms with E-state index in [0.29, 0.717) is 11.8 Å². The molecule has 0 saturated carbocycles. The fraction of sp³-hybridized carbons (Fsp3) is 0. The van der Waals surface area contributed by atoms with Crippen LogP contribution in [0.5, 0.6) is 5.75 Å². The first kappa shape index (κ1) is 26.2. The Morgan fingerprint density at radius 3 is 1.93 bits per heavy atom. The van der Waals surface area contributed by atoms with Crippen LogP contribution >= 0.6 is 0 Å². The molecule has 0 spiro atoms. The molecule has 3 aromatic rings. The fourth-order valence-electron chi connectivity index (χ4n) is 2.43. The van der Waals surface area contributed by atoms with Crippen LogP contribution < -0.4 is 0 Å². The number of benzene rings is 3. The van der Waals surface area contributed by atoms with Gasteiger partial charge in [-0.2, -0.15) is 21.9 Å². The molecular formula is C16H14N2Na2O7S2. The number of rotatable bonds is 4. The van der Waals surface area contributed by atoms with Gasteiger partial charge in [-0.1, -0.05) is 24.3 Å². The number of phenolic OH excluding ortho intramolecular Hbond substituents is 1. The Labute approximate surface area is 210 Å². The number of nitrogens with zero attached hydrogens (tertiary/aromatic N) is 2. The van der Waals surface area contributed by atoms with E-state index in [1.54, 1.807) is 30.3 Å². The summed E-state index contributed by atoms with van der Waals surface area (Å²) in [6.07, 6.45) is 0. The Hall–Kier alpha value is -0.860. The third-order valence-corrected chi connectivity index (χ3v) is 5.31. The molecule has 29 heavy (non-hydrogen) atoms. The van der Waals surface area contributed by atoms with Crippen LogP contribution in [-0.4, -0.2) is 90.2 Å². The predicted molar refractivity (Wildman–Crippen MR) is 110 cm³/mol. The number of hydrogen-bond acceptors (Lipinski definition) is 7. The second-order valence-corrected chi connectivity index (χ2v) is 8.25. The van der Waals surface area contributed by atoms with E-state index in [-0.39, 0.29) is 75.6 Å². The molecule has 0 amide bonds. The van der Waals surface area contributed by atoms with Gasteiger partial charge in [-0.3, -0.25) is 9.11 Å². The van der Waals surface area contributed by atoms with E-state index in [1.807, 2.05) is 0 Å². The third-order valence-electron chi connectivity index (χ3n) is 3.60. The Balaban J connectivity index is 0.00000210. The Kier molecular flexibility index (Phi) is 8.99. The molecule has 3 N–H and O–H groups in total. The van der Waals surface area contributed by atoms with E-state index in [1.165, 1.54) is 6.07 Å². The van der Waals surface area contributed by atoms with Crippen molar-refractivity contribution in [2.45, 2.75) is 9.79 Å². The SMILES string of the molecule is O=S(=O)(O)c1cc(S(=O)(=O)O)c2c(N=Nc3ccccc3)c(O)ccc2c1.[NaH].[NaH]. The number of aromatic hydroxyl groups is 1. The Morgan fingerprint density at radius 1 is 0.759 bits per heavy atom. The third kappa shape index (κ3) is 6.07. The molecule has 0 atom stereocenters. The van der Waals surface area contributed by atoms with E-state index in [2.05, 4.69) is 10.2 Å². The van der Waals surface area contributed by atoms with E-state index >= 15 is 0 Å². The van der Waals surface area contributed by atoms with Crippen LogP contribution in [0.1, 0.15) is 0 Å². The second kappa shape index (κ2) is 9.96. The summed E-state index contributed by atoms with van der Waals surface area (Å²) in [6.45, 7) is 0. The summed E-state index contributed by atoms with van der Waals surface area (Å²) in [5.74, 6) is -0.438. The second-order valence-electron chi connectivity index (χ2n) is 5.44. The summed E-state index contributed by atoms with van der Waals surface area (Å²) in [6, 6.07) is 12.3. The van der Waals surface area contributed by atoms with Crippen LogP contribution in [0.4, 0.5) is 11.4 Å². The molecule has 3 aromatic carbocycles. The molecule has 0 bridgehead atoms. The first-order valence-electron chi connectivity index (χ1n) is 7.29. The molecule has 0 fully saturated rings. The molecule has 0 aromatic heterocycles. The van der Waals surface area contributed by atoms with Crippen LogP contribution in [0.15, 0.2) is 74.6 Å². The zero-order valence-electron chi connectivity index (χ0n) is 13.4. The maximum atomic E-state index is 11.8. The molecule has 144 valence electrons. The van der Waals surface area contributed by atoms with Gasteiger partial charge in [-0.25, -0.2) is 0 Å². The van der Waals surface area contributed by atoms with Crippen molar-refractivity contribution in [2.24, 2.45) is 10.2 Å². The molecule has 0 unspecified atom stereocenters. The van der Waals surface area contributed by atoms with Gasteiger partial charge in [0.2, 0.25) is 0 Å². The summed E-state index contributed by atoms with van der Waals surface area (Å²) >= 11 is 0. The molecule has 0 aliphatic heterocycles. The molecule has 0 heterocycles. The molecule has 0 radical (unpaired) electrons. The number of fused-ring (bicyclic) bond motifs is 1. The van der Waals surface area contributed by atoms with Crippen LogP contribution in [0.25, 0.3) is 10.8 Å². The van der Waals surface area contributed by atoms with Gasteiger partial charge < -0.3 is 5.11 Å². The summed E-state index contributed by atoms with van der Waals surface area (Å²) < 4.78 is 65.1. The van der Waals surface area contributed by atoms with Crippen LogP contribution in [0, 0.1) is 0 Å². The molecule has 0 saturated heterocycles. The number of hydrogen-bond donors (Lipinski definition) is 3. The van der Waals surface area contributed by atoms with Gasteiger partial charge in [0.25, 0.3) is 20.2 Å². The van der Waals surface area contributed by atoms with Crippen molar-refractivity contribution in [1.29, 1.82) is 0 Å². The standard InChI is InChI=1S/C16H12N2O7S2.2Na.2H/c19-13-7-6-10-8-12(26(20,21)22)9-14(27(23,24)25)15(10)16(13)18-17-11-4-2-1-3-5-11;;;;/h1-9,19H,(H,20,21,22)(H,23,24,25);;;;. The molecular weight excluding hydrogens is 442 g/mol. The molecule has 9 nitrogen and oxygen atoms in total. The Morgan fingerprint density at radius 2 is 1.38 bits per heavy atom. The zero-order chi connectivity index (χ0) is 19.8. The molecule has 13 heteroatoms. The van der Waals surface area contributed by atoms with Gasteiger partial charge in [0.15, 0.2) is 0 Å². The van der Waals surface area contributed by atoms with Gasteiger partial charge in [-0.15, -0.1) is 5.11 Å². The van der Waals surface area contributed by atoms with E-state index < -0.39 is 35.8 Å². The van der Waals surface area contributed by atoms with Gasteiger partial charge in [-0.05, 0) is 35.7 Å². The van der Waals surface area contributed by atoms with Gasteiger partial charge >= 0.3 is 59.1 Å². The average Bonchev–Trinajstić information content (AvgIpc) is 2.59. The van der Waals surface area contributed by atoms with Crippen molar-refractivity contribution in [3.63, 3.8) is 0 Å². The summed E-state index contributed by atoms with van der Waals surface area (Å²) in [7, 11) is -9.67. The fourth-order valence-corrected chi connectivity index (χ4v) is 3.79. The summed E-state index contributed by atoms with van der Waals surface area (Å²) in [5, 5.41) is 17.6. The van der Waals surface area contributed by atoms with Crippen molar-refractivity contribution in [3.8, 4) is 5.75 Å². The van der Waals surface area contributed by atoms with Crippen molar-refractivity contribution >= 4 is 101 Å². The summed E-state index contributed by atoms with van der Waals surface area (Å²) in [5.41, 5.74) is 0.128.